The van der Waals surface area contributed by atoms with E-state index in [4.69, 9.17) is 4.42 Å². The van der Waals surface area contributed by atoms with E-state index in [1.807, 2.05) is 0 Å². The molecule has 1 aromatic rings. The molecular formula is C55H57NO. The summed E-state index contributed by atoms with van der Waals surface area (Å²) in [4.78, 5) is 2.93. The molecule has 1 heterocycles. The lowest BCUT2D eigenvalue weighted by atomic mass is 9.56. The maximum Gasteiger partial charge on any atom is 0.132 e. The molecule has 1 aromatic heterocycles. The molecule has 2 nitrogen and oxygen atoms in total. The lowest BCUT2D eigenvalue weighted by Gasteiger charge is -2.48. The summed E-state index contributed by atoms with van der Waals surface area (Å²) >= 11 is 0. The van der Waals surface area contributed by atoms with Crippen LogP contribution in [0.4, 0.5) is 0 Å². The summed E-state index contributed by atoms with van der Waals surface area (Å²) in [6, 6.07) is 0.236. The lowest BCUT2D eigenvalue weighted by molar-refractivity contribution is 0.134. The predicted molar refractivity (Wildman–Crippen MR) is 234 cm³/mol. The van der Waals surface area contributed by atoms with Gasteiger partial charge < -0.3 is 9.32 Å². The lowest BCUT2D eigenvalue weighted by Crippen LogP contribution is -2.42. The van der Waals surface area contributed by atoms with Gasteiger partial charge in [0.25, 0.3) is 0 Å². The van der Waals surface area contributed by atoms with Crippen molar-refractivity contribution in [3.8, 4) is 0 Å². The van der Waals surface area contributed by atoms with Gasteiger partial charge in [0.05, 0.1) is 6.04 Å². The van der Waals surface area contributed by atoms with Crippen molar-refractivity contribution in [1.29, 1.82) is 0 Å². The highest BCUT2D eigenvalue weighted by molar-refractivity contribution is 5.64. The van der Waals surface area contributed by atoms with Crippen LogP contribution in [0.2, 0.25) is 0 Å². The van der Waals surface area contributed by atoms with E-state index >= 15 is 0 Å². The van der Waals surface area contributed by atoms with Gasteiger partial charge in [0.2, 0.25) is 0 Å². The van der Waals surface area contributed by atoms with E-state index in [0.29, 0.717) is 53.3 Å². The van der Waals surface area contributed by atoms with E-state index in [0.717, 1.165) is 43.6 Å². The summed E-state index contributed by atoms with van der Waals surface area (Å²) in [6.07, 6.45) is 71.2. The number of fused-ring (bicyclic) bond motifs is 12. The number of rotatable bonds is 5. The predicted octanol–water partition coefficient (Wildman–Crippen LogP) is 13.6. The number of allylic oxidation sites excluding steroid dienone is 24. The Balaban J connectivity index is 1.03. The zero-order valence-electron chi connectivity index (χ0n) is 33.4. The minimum Gasteiger partial charge on any atom is -0.457 e. The molecular weight excluding hydrogens is 691 g/mol. The van der Waals surface area contributed by atoms with E-state index in [1.54, 1.807) is 22.4 Å². The third kappa shape index (κ3) is 5.20. The summed E-state index contributed by atoms with van der Waals surface area (Å²) < 4.78 is 6.70. The second kappa shape index (κ2) is 13.8. The molecule has 1 spiro atoms. The first-order chi connectivity index (χ1) is 28.3. The molecule has 0 amide bonds. The molecule has 0 N–H and O–H groups in total. The maximum absolute atomic E-state index is 6.70. The summed E-state index contributed by atoms with van der Waals surface area (Å²) in [7, 11) is 0. The first-order valence-electron chi connectivity index (χ1n) is 22.8. The summed E-state index contributed by atoms with van der Waals surface area (Å²) in [5.74, 6) is 6.87. The third-order valence-corrected chi connectivity index (χ3v) is 16.5. The molecule has 12 rings (SSSR count). The van der Waals surface area contributed by atoms with Gasteiger partial charge in [-0.2, -0.15) is 0 Å². The Morgan fingerprint density at radius 2 is 1.60 bits per heavy atom. The zero-order chi connectivity index (χ0) is 37.5. The van der Waals surface area contributed by atoms with Crippen LogP contribution in [0.15, 0.2) is 160 Å². The molecule has 0 radical (unpaired) electrons. The van der Waals surface area contributed by atoms with E-state index in [9.17, 15) is 0 Å². The molecule has 0 aromatic carbocycles. The molecule has 1 fully saturated rings. The highest BCUT2D eigenvalue weighted by atomic mass is 16.3. The molecule has 11 aliphatic carbocycles. The average Bonchev–Trinajstić information content (AvgIpc) is 3.91. The Morgan fingerprint density at radius 1 is 0.667 bits per heavy atom. The highest BCUT2D eigenvalue weighted by Crippen LogP contribution is 2.73. The van der Waals surface area contributed by atoms with Crippen LogP contribution in [-0.2, 0) is 6.42 Å². The molecule has 1 saturated carbocycles. The minimum atomic E-state index is 0.0488. The van der Waals surface area contributed by atoms with Gasteiger partial charge >= 0.3 is 0 Å². The minimum absolute atomic E-state index is 0.0488. The molecule has 57 heavy (non-hydrogen) atoms. The Morgan fingerprint density at radius 3 is 2.53 bits per heavy atom. The van der Waals surface area contributed by atoms with E-state index in [2.05, 4.69) is 145 Å². The van der Waals surface area contributed by atoms with E-state index < -0.39 is 0 Å². The van der Waals surface area contributed by atoms with Gasteiger partial charge in [-0.25, -0.2) is 0 Å². The fraction of sp³-hybridized carbons (Fsp3) is 0.418. The largest absolute Gasteiger partial charge is 0.457 e. The Hall–Kier alpha value is -4.56. The molecule has 11 aliphatic rings. The first-order valence-corrected chi connectivity index (χ1v) is 22.8. The van der Waals surface area contributed by atoms with Crippen molar-refractivity contribution in [1.82, 2.24) is 4.90 Å². The van der Waals surface area contributed by atoms with Crippen molar-refractivity contribution in [2.24, 2.45) is 58.7 Å². The second-order valence-corrected chi connectivity index (χ2v) is 18.9. The third-order valence-electron chi connectivity index (χ3n) is 16.5. The first kappa shape index (κ1) is 34.5. The number of hydrogen-bond acceptors (Lipinski definition) is 2. The summed E-state index contributed by atoms with van der Waals surface area (Å²) in [5.41, 5.74) is 11.1. The Labute approximate surface area is 340 Å². The van der Waals surface area contributed by atoms with Crippen LogP contribution >= 0.6 is 0 Å². The SMILES string of the molecule is C1=CCC(C2C=CC3=C(C2)C2(C4CC=CC=C4C4C=CC=CC42)C2C=C(N(C4=CCCCC4C4CC=CCC4)C4CC=Cc5oc6c(c54)CCC=C6)C=CC32)C=C1. The number of nitrogens with zero attached hydrogens (tertiary/aromatic N) is 1. The van der Waals surface area contributed by atoms with Crippen LogP contribution in [0.3, 0.4) is 0 Å². The maximum atomic E-state index is 6.70. The van der Waals surface area contributed by atoms with Crippen LogP contribution < -0.4 is 0 Å². The molecule has 0 saturated heterocycles. The molecule has 288 valence electrons. The monoisotopic (exact) mass is 747 g/mol. The van der Waals surface area contributed by atoms with Gasteiger partial charge in [0.15, 0.2) is 0 Å². The molecule has 2 heteroatoms. The smallest absolute Gasteiger partial charge is 0.132 e. The molecule has 11 atom stereocenters. The Bertz CT molecular complexity index is 2290. The van der Waals surface area contributed by atoms with Crippen molar-refractivity contribution < 1.29 is 4.42 Å². The van der Waals surface area contributed by atoms with Gasteiger partial charge in [-0.15, -0.1) is 0 Å². The van der Waals surface area contributed by atoms with Gasteiger partial charge in [-0.3, -0.25) is 0 Å². The quantitative estimate of drug-likeness (QED) is 0.279. The summed E-state index contributed by atoms with van der Waals surface area (Å²) in [6.45, 7) is 0. The van der Waals surface area contributed by atoms with Crippen molar-refractivity contribution in [3.63, 3.8) is 0 Å². The van der Waals surface area contributed by atoms with Crippen LogP contribution in [0.25, 0.3) is 12.2 Å². The van der Waals surface area contributed by atoms with E-state index in [1.165, 1.54) is 61.8 Å². The van der Waals surface area contributed by atoms with Crippen molar-refractivity contribution in [2.45, 2.75) is 83.1 Å². The fourth-order valence-corrected chi connectivity index (χ4v) is 14.2. The topological polar surface area (TPSA) is 16.4 Å². The number of furan rings is 1. The standard InChI is InChI=1S/C55H57NO/c1-3-16-36(17-4-1)38-30-32-43-44-33-31-39(35-49(44)55(48(43)34-38)46-24-11-7-21-41(46)42-22-8-12-25-47(42)55)56(50-26-13-9-20-40(50)37-18-5-2-6-19-37)51-27-15-29-53-54(51)45-23-10-14-28-52(45)57-53/h1-5,7-8,11-12,14-16,21-22,24,26,28-33,35-38,40-41,44,46-47,49,51H,6,9-10,13,17-20,23,25,27,34H2. The zero-order valence-corrected chi connectivity index (χ0v) is 33.4. The number of hydrogen-bond donors (Lipinski definition) is 0. The molecule has 0 bridgehead atoms. The van der Waals surface area contributed by atoms with Gasteiger partial charge in [-0.1, -0.05) is 133 Å². The van der Waals surface area contributed by atoms with Crippen LogP contribution in [0.5, 0.6) is 0 Å². The summed E-state index contributed by atoms with van der Waals surface area (Å²) in [5, 5.41) is 0. The molecule has 0 aliphatic heterocycles. The highest BCUT2D eigenvalue weighted by Gasteiger charge is 2.66. The van der Waals surface area contributed by atoms with Crippen LogP contribution in [-0.4, -0.2) is 4.90 Å². The van der Waals surface area contributed by atoms with Gasteiger partial charge in [0, 0.05) is 45.7 Å². The Kier molecular flexibility index (Phi) is 8.34. The second-order valence-electron chi connectivity index (χ2n) is 18.9. The van der Waals surface area contributed by atoms with Crippen molar-refractivity contribution in [3.05, 3.63) is 178 Å². The van der Waals surface area contributed by atoms with Gasteiger partial charge in [0.1, 0.15) is 11.5 Å². The van der Waals surface area contributed by atoms with Gasteiger partial charge in [-0.05, 0) is 136 Å². The normalized spacial score (nSPS) is 38.7. The fourth-order valence-electron chi connectivity index (χ4n) is 14.2. The average molecular weight is 748 g/mol. The van der Waals surface area contributed by atoms with Crippen LogP contribution in [0, 0.1) is 58.7 Å². The van der Waals surface area contributed by atoms with Crippen molar-refractivity contribution in [2.75, 3.05) is 0 Å². The van der Waals surface area contributed by atoms with Crippen LogP contribution in [0.1, 0.15) is 99.3 Å². The van der Waals surface area contributed by atoms with E-state index in [-0.39, 0.29) is 11.5 Å². The van der Waals surface area contributed by atoms with Crippen molar-refractivity contribution >= 4 is 12.2 Å². The molecule has 11 unspecified atom stereocenters.